The van der Waals surface area contributed by atoms with Crippen LogP contribution in [0, 0.1) is 25.2 Å². The molecule has 2 nitrogen and oxygen atoms in total. The third kappa shape index (κ3) is 2.34. The molecule has 0 atom stereocenters. The van der Waals surface area contributed by atoms with Gasteiger partial charge in [-0.2, -0.15) is 18.4 Å². The molecular formula is C14H11F3N2. The maximum Gasteiger partial charge on any atom is 0.416 e. The van der Waals surface area contributed by atoms with Crippen LogP contribution in [0.3, 0.4) is 0 Å². The van der Waals surface area contributed by atoms with Crippen LogP contribution >= 0.6 is 0 Å². The Labute approximate surface area is 108 Å². The van der Waals surface area contributed by atoms with E-state index in [9.17, 15) is 13.2 Å². The molecule has 5 heteroatoms. The van der Waals surface area contributed by atoms with E-state index in [2.05, 4.69) is 0 Å². The maximum absolute atomic E-state index is 12.7. The van der Waals surface area contributed by atoms with E-state index >= 15 is 0 Å². The summed E-state index contributed by atoms with van der Waals surface area (Å²) in [5, 5.41) is 8.94. The molecule has 2 rings (SSSR count). The van der Waals surface area contributed by atoms with Crippen LogP contribution in [-0.4, -0.2) is 4.57 Å². The fraction of sp³-hybridized carbons (Fsp3) is 0.214. The lowest BCUT2D eigenvalue weighted by molar-refractivity contribution is -0.137. The van der Waals surface area contributed by atoms with Gasteiger partial charge < -0.3 is 4.57 Å². The number of aromatic nitrogens is 1. The minimum absolute atomic E-state index is 0.409. The van der Waals surface area contributed by atoms with Crippen LogP contribution in [0.5, 0.6) is 0 Å². The lowest BCUT2D eigenvalue weighted by Crippen LogP contribution is -2.07. The van der Waals surface area contributed by atoms with Crippen molar-refractivity contribution in [2.24, 2.45) is 0 Å². The van der Waals surface area contributed by atoms with Gasteiger partial charge in [0.1, 0.15) is 6.07 Å². The van der Waals surface area contributed by atoms with Crippen molar-refractivity contribution >= 4 is 0 Å². The molecule has 0 saturated carbocycles. The van der Waals surface area contributed by atoms with E-state index in [0.29, 0.717) is 16.9 Å². The van der Waals surface area contributed by atoms with Crippen LogP contribution < -0.4 is 0 Å². The van der Waals surface area contributed by atoms with Crippen molar-refractivity contribution < 1.29 is 13.2 Å². The molecule has 1 aromatic carbocycles. The van der Waals surface area contributed by atoms with E-state index in [4.69, 9.17) is 5.26 Å². The zero-order chi connectivity index (χ0) is 14.2. The summed E-state index contributed by atoms with van der Waals surface area (Å²) in [6, 6.07) is 8.76. The number of nitrogens with zero attached hydrogens (tertiary/aromatic N) is 2. The normalized spacial score (nSPS) is 11.4. The maximum atomic E-state index is 12.7. The summed E-state index contributed by atoms with van der Waals surface area (Å²) in [6.07, 6.45) is -4.37. The smallest absolute Gasteiger partial charge is 0.317 e. The molecule has 0 radical (unpaired) electrons. The van der Waals surface area contributed by atoms with E-state index in [1.165, 1.54) is 6.07 Å². The zero-order valence-corrected chi connectivity index (χ0v) is 10.4. The average Bonchev–Trinajstić information content (AvgIpc) is 2.63. The monoisotopic (exact) mass is 264 g/mol. The molecule has 0 amide bonds. The lowest BCUT2D eigenvalue weighted by Gasteiger charge is -2.12. The minimum atomic E-state index is -4.37. The van der Waals surface area contributed by atoms with Gasteiger partial charge in [0.15, 0.2) is 0 Å². The molecule has 0 aliphatic carbocycles. The second-order valence-electron chi connectivity index (χ2n) is 4.28. The molecule has 1 heterocycles. The van der Waals surface area contributed by atoms with Crippen molar-refractivity contribution in [1.82, 2.24) is 4.57 Å². The Hall–Kier alpha value is -2.22. The molecule has 0 spiro atoms. The zero-order valence-electron chi connectivity index (χ0n) is 10.4. The standard InChI is InChI=1S/C14H11F3N2/c1-9-6-11(8-18)10(2)19(9)13-5-3-4-12(7-13)14(15,16)17/h3-7H,1-2H3. The quantitative estimate of drug-likeness (QED) is 0.765. The van der Waals surface area contributed by atoms with Crippen LogP contribution in [0.15, 0.2) is 30.3 Å². The van der Waals surface area contributed by atoms with Crippen LogP contribution in [0.25, 0.3) is 5.69 Å². The molecule has 0 aliphatic rings. The van der Waals surface area contributed by atoms with Crippen molar-refractivity contribution in [2.45, 2.75) is 20.0 Å². The SMILES string of the molecule is Cc1cc(C#N)c(C)n1-c1cccc(C(F)(F)F)c1. The van der Waals surface area contributed by atoms with Crippen LogP contribution in [-0.2, 0) is 6.18 Å². The van der Waals surface area contributed by atoms with Crippen molar-refractivity contribution in [3.05, 3.63) is 52.8 Å². The summed E-state index contributed by atoms with van der Waals surface area (Å²) in [7, 11) is 0. The minimum Gasteiger partial charge on any atom is -0.317 e. The fourth-order valence-corrected chi connectivity index (χ4v) is 2.09. The van der Waals surface area contributed by atoms with Crippen molar-refractivity contribution in [1.29, 1.82) is 5.26 Å². The summed E-state index contributed by atoms with van der Waals surface area (Å²) >= 11 is 0. The van der Waals surface area contributed by atoms with Gasteiger partial charge in [-0.1, -0.05) is 6.07 Å². The average molecular weight is 264 g/mol. The predicted octanol–water partition coefficient (Wildman–Crippen LogP) is 3.98. The number of alkyl halides is 3. The van der Waals surface area contributed by atoms with Gasteiger partial charge in [0.2, 0.25) is 0 Å². The molecular weight excluding hydrogens is 253 g/mol. The van der Waals surface area contributed by atoms with E-state index in [1.54, 1.807) is 30.5 Å². The molecule has 0 bridgehead atoms. The number of benzene rings is 1. The Morgan fingerprint density at radius 1 is 1.16 bits per heavy atom. The Morgan fingerprint density at radius 3 is 2.37 bits per heavy atom. The molecule has 0 fully saturated rings. The van der Waals surface area contributed by atoms with Crippen LogP contribution in [0.2, 0.25) is 0 Å². The predicted molar refractivity (Wildman–Crippen MR) is 65.0 cm³/mol. The first-order valence-corrected chi connectivity index (χ1v) is 5.61. The number of halogens is 3. The molecule has 0 unspecified atom stereocenters. The fourth-order valence-electron chi connectivity index (χ4n) is 2.09. The Kier molecular flexibility index (Phi) is 3.11. The van der Waals surface area contributed by atoms with Crippen molar-refractivity contribution in [3.63, 3.8) is 0 Å². The lowest BCUT2D eigenvalue weighted by atomic mass is 10.2. The first-order chi connectivity index (χ1) is 8.84. The molecule has 1 aromatic heterocycles. The summed E-state index contributed by atoms with van der Waals surface area (Å²) in [5.74, 6) is 0. The molecule has 2 aromatic rings. The molecule has 19 heavy (non-hydrogen) atoms. The highest BCUT2D eigenvalue weighted by atomic mass is 19.4. The second kappa shape index (κ2) is 4.47. The van der Waals surface area contributed by atoms with Gasteiger partial charge in [-0.15, -0.1) is 0 Å². The summed E-state index contributed by atoms with van der Waals surface area (Å²) in [4.78, 5) is 0. The van der Waals surface area contributed by atoms with Crippen molar-refractivity contribution in [2.75, 3.05) is 0 Å². The van der Waals surface area contributed by atoms with Crippen LogP contribution in [0.4, 0.5) is 13.2 Å². The third-order valence-corrected chi connectivity index (χ3v) is 2.98. The highest BCUT2D eigenvalue weighted by Gasteiger charge is 2.30. The second-order valence-corrected chi connectivity index (χ2v) is 4.28. The van der Waals surface area contributed by atoms with Gasteiger partial charge in [0.25, 0.3) is 0 Å². The topological polar surface area (TPSA) is 28.7 Å². The number of hydrogen-bond acceptors (Lipinski definition) is 1. The summed E-state index contributed by atoms with van der Waals surface area (Å²) < 4.78 is 39.7. The van der Waals surface area contributed by atoms with E-state index < -0.39 is 11.7 Å². The van der Waals surface area contributed by atoms with Gasteiger partial charge in [-0.3, -0.25) is 0 Å². The summed E-state index contributed by atoms with van der Waals surface area (Å²) in [5.41, 5.74) is 1.55. The third-order valence-electron chi connectivity index (χ3n) is 2.98. The van der Waals surface area contributed by atoms with Gasteiger partial charge in [0, 0.05) is 17.1 Å². The number of rotatable bonds is 1. The molecule has 0 N–H and O–H groups in total. The number of aryl methyl sites for hydroxylation is 1. The van der Waals surface area contributed by atoms with E-state index in [1.807, 2.05) is 6.07 Å². The number of nitriles is 1. The van der Waals surface area contributed by atoms with E-state index in [0.717, 1.165) is 17.8 Å². The van der Waals surface area contributed by atoms with Gasteiger partial charge >= 0.3 is 6.18 Å². The Balaban J connectivity index is 2.61. The molecule has 0 aliphatic heterocycles. The highest BCUT2D eigenvalue weighted by molar-refractivity contribution is 5.47. The highest BCUT2D eigenvalue weighted by Crippen LogP contribution is 2.31. The first-order valence-electron chi connectivity index (χ1n) is 5.61. The Bertz CT molecular complexity index is 660. The molecule has 98 valence electrons. The van der Waals surface area contributed by atoms with E-state index in [-0.39, 0.29) is 0 Å². The number of hydrogen-bond donors (Lipinski definition) is 0. The Morgan fingerprint density at radius 2 is 1.84 bits per heavy atom. The van der Waals surface area contributed by atoms with Crippen LogP contribution in [0.1, 0.15) is 22.5 Å². The van der Waals surface area contributed by atoms with Gasteiger partial charge in [-0.25, -0.2) is 0 Å². The first kappa shape index (κ1) is 13.2. The van der Waals surface area contributed by atoms with Gasteiger partial charge in [0.05, 0.1) is 11.1 Å². The molecule has 0 saturated heterocycles. The largest absolute Gasteiger partial charge is 0.416 e. The summed E-state index contributed by atoms with van der Waals surface area (Å²) in [6.45, 7) is 3.47. The van der Waals surface area contributed by atoms with Gasteiger partial charge in [-0.05, 0) is 38.1 Å². The van der Waals surface area contributed by atoms with Crippen molar-refractivity contribution in [3.8, 4) is 11.8 Å².